The average molecular weight is 320 g/mol. The van der Waals surface area contributed by atoms with Crippen LogP contribution in [0.15, 0.2) is 21.1 Å². The van der Waals surface area contributed by atoms with E-state index in [-0.39, 0.29) is 24.3 Å². The van der Waals surface area contributed by atoms with E-state index in [4.69, 9.17) is 10.9 Å². The highest BCUT2D eigenvalue weighted by molar-refractivity contribution is 9.11. The Labute approximate surface area is 112 Å². The first kappa shape index (κ1) is 14.0. The number of carbonyl (C=O) groups excluding carboxylic acids is 1. The average Bonchev–Trinajstić information content (AvgIpc) is 2.71. The van der Waals surface area contributed by atoms with Crippen LogP contribution in [0.1, 0.15) is 23.5 Å². The molecule has 0 saturated carbocycles. The van der Waals surface area contributed by atoms with Crippen LogP contribution in [0.3, 0.4) is 0 Å². The van der Waals surface area contributed by atoms with E-state index < -0.39 is 0 Å². The monoisotopic (exact) mass is 319 g/mol. The predicted molar refractivity (Wildman–Crippen MR) is 71.6 cm³/mol. The van der Waals surface area contributed by atoms with Crippen molar-refractivity contribution in [3.05, 3.63) is 20.8 Å². The van der Waals surface area contributed by atoms with Gasteiger partial charge in [-0.2, -0.15) is 0 Å². The maximum atomic E-state index is 12.2. The summed E-state index contributed by atoms with van der Waals surface area (Å²) in [5, 5.41) is 11.4. The fourth-order valence-corrected chi connectivity index (χ4v) is 2.61. The Kier molecular flexibility index (Phi) is 4.95. The van der Waals surface area contributed by atoms with Crippen molar-refractivity contribution in [3.8, 4) is 0 Å². The molecule has 0 atom stereocenters. The third-order valence-corrected chi connectivity index (χ3v) is 3.74. The molecular formula is C10H14BrN3O2S. The molecule has 94 valence electrons. The smallest absolute Gasteiger partial charge is 0.264 e. The van der Waals surface area contributed by atoms with E-state index in [1.54, 1.807) is 11.0 Å². The molecule has 1 heterocycles. The number of nitrogens with two attached hydrogens (primary N) is 1. The van der Waals surface area contributed by atoms with Crippen molar-refractivity contribution < 1.29 is 10.0 Å². The minimum atomic E-state index is -0.123. The first-order valence-electron chi connectivity index (χ1n) is 4.98. The van der Waals surface area contributed by atoms with Crippen LogP contribution in [0.5, 0.6) is 0 Å². The molecule has 1 rings (SSSR count). The van der Waals surface area contributed by atoms with E-state index in [1.807, 2.05) is 19.9 Å². The highest BCUT2D eigenvalue weighted by atomic mass is 79.9. The first-order valence-corrected chi connectivity index (χ1v) is 6.59. The third kappa shape index (κ3) is 3.71. The summed E-state index contributed by atoms with van der Waals surface area (Å²) in [6, 6.07) is 3.54. The number of hydrogen-bond donors (Lipinski definition) is 2. The van der Waals surface area contributed by atoms with Crippen LogP contribution in [0.2, 0.25) is 0 Å². The van der Waals surface area contributed by atoms with Crippen molar-refractivity contribution in [1.29, 1.82) is 0 Å². The topological polar surface area (TPSA) is 78.9 Å². The molecule has 5 nitrogen and oxygen atoms in total. The number of carbonyl (C=O) groups is 1. The second-order valence-corrected chi connectivity index (χ2v) is 6.18. The van der Waals surface area contributed by atoms with Gasteiger partial charge in [0.25, 0.3) is 5.91 Å². The first-order chi connectivity index (χ1) is 7.95. The summed E-state index contributed by atoms with van der Waals surface area (Å²) >= 11 is 4.67. The lowest BCUT2D eigenvalue weighted by Crippen LogP contribution is -2.42. The molecule has 0 bridgehead atoms. The molecule has 1 amide bonds. The van der Waals surface area contributed by atoms with Gasteiger partial charge >= 0.3 is 0 Å². The van der Waals surface area contributed by atoms with Crippen molar-refractivity contribution in [3.63, 3.8) is 0 Å². The molecule has 0 aliphatic carbocycles. The summed E-state index contributed by atoms with van der Waals surface area (Å²) in [5.74, 6) is -0.107. The molecule has 0 aromatic carbocycles. The number of hydrogen-bond acceptors (Lipinski definition) is 4. The van der Waals surface area contributed by atoms with E-state index >= 15 is 0 Å². The maximum Gasteiger partial charge on any atom is 0.264 e. The normalized spacial score (nSPS) is 11.9. The predicted octanol–water partition coefficient (Wildman–Crippen LogP) is 2.11. The van der Waals surface area contributed by atoms with Gasteiger partial charge < -0.3 is 15.8 Å². The van der Waals surface area contributed by atoms with Gasteiger partial charge in [0, 0.05) is 6.04 Å². The summed E-state index contributed by atoms with van der Waals surface area (Å²) in [6.07, 6.45) is 0. The molecule has 0 aliphatic heterocycles. The Balaban J connectivity index is 2.88. The highest BCUT2D eigenvalue weighted by Crippen LogP contribution is 2.23. The summed E-state index contributed by atoms with van der Waals surface area (Å²) in [4.78, 5) is 14.3. The number of nitrogens with zero attached hydrogens (tertiary/aromatic N) is 2. The summed E-state index contributed by atoms with van der Waals surface area (Å²) in [6.45, 7) is 3.87. The van der Waals surface area contributed by atoms with Crippen LogP contribution >= 0.6 is 27.3 Å². The zero-order valence-corrected chi connectivity index (χ0v) is 12.0. The Bertz CT molecular complexity index is 431. The van der Waals surface area contributed by atoms with Gasteiger partial charge in [-0.3, -0.25) is 4.79 Å². The van der Waals surface area contributed by atoms with Crippen LogP contribution in [-0.4, -0.2) is 34.4 Å². The van der Waals surface area contributed by atoms with Gasteiger partial charge in [0.05, 0.1) is 15.2 Å². The molecule has 7 heteroatoms. The van der Waals surface area contributed by atoms with Gasteiger partial charge in [-0.15, -0.1) is 11.3 Å². The maximum absolute atomic E-state index is 12.2. The second-order valence-electron chi connectivity index (χ2n) is 3.72. The zero-order chi connectivity index (χ0) is 13.0. The lowest BCUT2D eigenvalue weighted by atomic mass is 10.3. The standard InChI is InChI=1S/C10H14BrN3O2S/c1-6(2)14(5-9(12)13-16)10(15)7-3-4-8(11)17-7/h3-4,6,16H,5H2,1-2H3,(H2,12,13). The van der Waals surface area contributed by atoms with Crippen molar-refractivity contribution in [2.45, 2.75) is 19.9 Å². The summed E-state index contributed by atoms with van der Waals surface area (Å²) in [5.41, 5.74) is 5.43. The van der Waals surface area contributed by atoms with Crippen molar-refractivity contribution in [2.24, 2.45) is 10.9 Å². The van der Waals surface area contributed by atoms with E-state index in [9.17, 15) is 4.79 Å². The van der Waals surface area contributed by atoms with Crippen molar-refractivity contribution >= 4 is 39.0 Å². The molecule has 1 aromatic rings. The lowest BCUT2D eigenvalue weighted by molar-refractivity contribution is 0.0739. The Morgan fingerprint density at radius 2 is 2.29 bits per heavy atom. The van der Waals surface area contributed by atoms with E-state index in [0.717, 1.165) is 3.79 Å². The molecule has 0 saturated heterocycles. The number of rotatable bonds is 4. The minimum absolute atomic E-state index is 0.0164. The number of amidine groups is 1. The van der Waals surface area contributed by atoms with E-state index in [0.29, 0.717) is 4.88 Å². The molecule has 0 aliphatic rings. The summed E-state index contributed by atoms with van der Waals surface area (Å²) < 4.78 is 0.897. The van der Waals surface area contributed by atoms with Crippen LogP contribution in [0.4, 0.5) is 0 Å². The van der Waals surface area contributed by atoms with Gasteiger partial charge in [0.2, 0.25) is 0 Å². The van der Waals surface area contributed by atoms with Crippen molar-refractivity contribution in [1.82, 2.24) is 4.90 Å². The molecule has 0 unspecified atom stereocenters. The largest absolute Gasteiger partial charge is 0.409 e. The van der Waals surface area contributed by atoms with Gasteiger partial charge in [-0.25, -0.2) is 0 Å². The third-order valence-electron chi connectivity index (χ3n) is 2.13. The number of halogens is 1. The Hall–Kier alpha value is -1.08. The SMILES string of the molecule is CC(C)N(CC(N)=NO)C(=O)c1ccc(Br)s1. The van der Waals surface area contributed by atoms with Gasteiger partial charge in [0.15, 0.2) is 5.84 Å². The van der Waals surface area contributed by atoms with E-state index in [1.165, 1.54) is 11.3 Å². The van der Waals surface area contributed by atoms with Crippen LogP contribution < -0.4 is 5.73 Å². The molecule has 0 spiro atoms. The lowest BCUT2D eigenvalue weighted by Gasteiger charge is -2.25. The molecule has 0 fully saturated rings. The fraction of sp³-hybridized carbons (Fsp3) is 0.400. The molecular weight excluding hydrogens is 306 g/mol. The molecule has 1 aromatic heterocycles. The fourth-order valence-electron chi connectivity index (χ4n) is 1.27. The number of oxime groups is 1. The quantitative estimate of drug-likeness (QED) is 0.386. The second kappa shape index (κ2) is 6.02. The number of thiophene rings is 1. The molecule has 17 heavy (non-hydrogen) atoms. The van der Waals surface area contributed by atoms with Crippen molar-refractivity contribution in [2.75, 3.05) is 6.54 Å². The summed E-state index contributed by atoms with van der Waals surface area (Å²) in [7, 11) is 0. The van der Waals surface area contributed by atoms with Gasteiger partial charge in [-0.05, 0) is 41.9 Å². The number of amides is 1. The highest BCUT2D eigenvalue weighted by Gasteiger charge is 2.21. The van der Waals surface area contributed by atoms with Gasteiger partial charge in [-0.1, -0.05) is 5.16 Å². The van der Waals surface area contributed by atoms with Crippen LogP contribution in [-0.2, 0) is 0 Å². The zero-order valence-electron chi connectivity index (χ0n) is 9.55. The van der Waals surface area contributed by atoms with Gasteiger partial charge in [0.1, 0.15) is 0 Å². The molecule has 0 radical (unpaired) electrons. The Morgan fingerprint density at radius 3 is 2.71 bits per heavy atom. The minimum Gasteiger partial charge on any atom is -0.409 e. The Morgan fingerprint density at radius 1 is 1.65 bits per heavy atom. The van der Waals surface area contributed by atoms with E-state index in [2.05, 4.69) is 21.1 Å². The van der Waals surface area contributed by atoms with Crippen LogP contribution in [0, 0.1) is 0 Å². The molecule has 3 N–H and O–H groups in total. The van der Waals surface area contributed by atoms with Crippen LogP contribution in [0.25, 0.3) is 0 Å².